The first-order chi connectivity index (χ1) is 4.79. The van der Waals surface area contributed by atoms with Crippen molar-refractivity contribution in [1.82, 2.24) is 10.6 Å². The van der Waals surface area contributed by atoms with Gasteiger partial charge in [0.1, 0.15) is 0 Å². The minimum absolute atomic E-state index is 0. The second-order valence-electron chi connectivity index (χ2n) is 2.39. The molecule has 0 atom stereocenters. The van der Waals surface area contributed by atoms with Crippen molar-refractivity contribution in [3.05, 3.63) is 0 Å². The van der Waals surface area contributed by atoms with E-state index < -0.39 is 5.97 Å². The standard InChI is InChI=1S/C6H12N2O2.Na/c9-6(10)4-5-7-2-1-3-8-5;/h5,7-8H,1-4H2,(H,9,10);/q;+1/p-1. The maximum atomic E-state index is 10.1. The monoisotopic (exact) mass is 166 g/mol. The zero-order chi connectivity index (χ0) is 7.40. The van der Waals surface area contributed by atoms with Crippen LogP contribution in [0.25, 0.3) is 0 Å². The van der Waals surface area contributed by atoms with E-state index in [9.17, 15) is 9.90 Å². The maximum Gasteiger partial charge on any atom is 1.00 e. The van der Waals surface area contributed by atoms with Gasteiger partial charge >= 0.3 is 29.6 Å². The molecular weight excluding hydrogens is 155 g/mol. The Balaban J connectivity index is 0.000001000. The first kappa shape index (κ1) is 11.4. The van der Waals surface area contributed by atoms with Crippen LogP contribution in [0.5, 0.6) is 0 Å². The summed E-state index contributed by atoms with van der Waals surface area (Å²) in [5.74, 6) is -1.01. The average molecular weight is 166 g/mol. The second-order valence-corrected chi connectivity index (χ2v) is 2.39. The molecule has 0 radical (unpaired) electrons. The van der Waals surface area contributed by atoms with Gasteiger partial charge in [-0.05, 0) is 19.5 Å². The van der Waals surface area contributed by atoms with E-state index in [1.807, 2.05) is 0 Å². The number of rotatable bonds is 2. The maximum absolute atomic E-state index is 10.1. The SMILES string of the molecule is O=C([O-])CC1NCCCN1.[Na+]. The van der Waals surface area contributed by atoms with Crippen LogP contribution in [0.15, 0.2) is 0 Å². The quantitative estimate of drug-likeness (QED) is 0.403. The Morgan fingerprint density at radius 2 is 2.00 bits per heavy atom. The van der Waals surface area contributed by atoms with Crippen LogP contribution >= 0.6 is 0 Å². The molecule has 4 nitrogen and oxygen atoms in total. The van der Waals surface area contributed by atoms with E-state index in [-0.39, 0.29) is 42.1 Å². The third-order valence-corrected chi connectivity index (χ3v) is 1.51. The summed E-state index contributed by atoms with van der Waals surface area (Å²) in [5.41, 5.74) is 0. The molecule has 0 saturated carbocycles. The van der Waals surface area contributed by atoms with Crippen LogP contribution in [0.2, 0.25) is 0 Å². The summed E-state index contributed by atoms with van der Waals surface area (Å²) in [6.45, 7) is 1.79. The molecule has 5 heteroatoms. The zero-order valence-corrected chi connectivity index (χ0v) is 8.72. The first-order valence-electron chi connectivity index (χ1n) is 3.45. The molecule has 1 saturated heterocycles. The van der Waals surface area contributed by atoms with Gasteiger partial charge in [-0.25, -0.2) is 0 Å². The third-order valence-electron chi connectivity index (χ3n) is 1.51. The Kier molecular flexibility index (Phi) is 6.18. The summed E-state index contributed by atoms with van der Waals surface area (Å²) in [5, 5.41) is 16.1. The van der Waals surface area contributed by atoms with Gasteiger partial charge in [-0.1, -0.05) is 0 Å². The van der Waals surface area contributed by atoms with E-state index >= 15 is 0 Å². The third kappa shape index (κ3) is 4.76. The first-order valence-corrected chi connectivity index (χ1v) is 3.45. The fourth-order valence-corrected chi connectivity index (χ4v) is 1.02. The smallest absolute Gasteiger partial charge is 0.550 e. The number of carbonyl (C=O) groups excluding carboxylic acids is 1. The van der Waals surface area contributed by atoms with Crippen molar-refractivity contribution >= 4 is 5.97 Å². The van der Waals surface area contributed by atoms with Crippen LogP contribution in [0.4, 0.5) is 0 Å². The van der Waals surface area contributed by atoms with Gasteiger partial charge in [-0.15, -0.1) is 0 Å². The molecule has 0 aliphatic carbocycles. The Labute approximate surface area is 88.0 Å². The Bertz CT molecular complexity index is 126. The molecule has 1 aliphatic rings. The molecule has 11 heavy (non-hydrogen) atoms. The minimum Gasteiger partial charge on any atom is -0.550 e. The van der Waals surface area contributed by atoms with E-state index in [0.29, 0.717) is 0 Å². The Morgan fingerprint density at radius 3 is 2.45 bits per heavy atom. The van der Waals surface area contributed by atoms with Gasteiger partial charge in [-0.2, -0.15) is 0 Å². The van der Waals surface area contributed by atoms with E-state index in [2.05, 4.69) is 10.6 Å². The Morgan fingerprint density at radius 1 is 1.45 bits per heavy atom. The van der Waals surface area contributed by atoms with E-state index in [1.54, 1.807) is 0 Å². The fraction of sp³-hybridized carbons (Fsp3) is 0.833. The molecule has 0 aromatic carbocycles. The number of hydrogen-bond donors (Lipinski definition) is 2. The predicted molar refractivity (Wildman–Crippen MR) is 34.0 cm³/mol. The van der Waals surface area contributed by atoms with Crippen LogP contribution in [-0.2, 0) is 4.79 Å². The van der Waals surface area contributed by atoms with Crippen LogP contribution in [0.3, 0.4) is 0 Å². The van der Waals surface area contributed by atoms with E-state index in [1.165, 1.54) is 0 Å². The van der Waals surface area contributed by atoms with Crippen LogP contribution < -0.4 is 45.3 Å². The molecular formula is C6H11N2NaO2. The van der Waals surface area contributed by atoms with Gasteiger partial charge in [0.05, 0.1) is 6.17 Å². The number of carboxylic acids is 1. The minimum atomic E-state index is -1.01. The summed E-state index contributed by atoms with van der Waals surface area (Å²) < 4.78 is 0. The summed E-state index contributed by atoms with van der Waals surface area (Å²) in [7, 11) is 0. The Hall–Kier alpha value is 0.390. The van der Waals surface area contributed by atoms with E-state index in [0.717, 1.165) is 19.5 Å². The van der Waals surface area contributed by atoms with Crippen molar-refractivity contribution in [1.29, 1.82) is 0 Å². The van der Waals surface area contributed by atoms with Gasteiger partial charge < -0.3 is 20.5 Å². The number of aliphatic carboxylic acids is 1. The van der Waals surface area contributed by atoms with E-state index in [4.69, 9.17) is 0 Å². The molecule has 58 valence electrons. The van der Waals surface area contributed by atoms with Gasteiger partial charge in [0, 0.05) is 12.4 Å². The van der Waals surface area contributed by atoms with Gasteiger partial charge in [0.15, 0.2) is 0 Å². The van der Waals surface area contributed by atoms with Crippen molar-refractivity contribution < 1.29 is 39.5 Å². The molecule has 0 bridgehead atoms. The summed E-state index contributed by atoms with van der Waals surface area (Å²) in [6, 6.07) is 0. The van der Waals surface area contributed by atoms with Crippen LogP contribution in [-0.4, -0.2) is 25.2 Å². The number of carbonyl (C=O) groups is 1. The number of carboxylic acid groups (broad SMARTS) is 1. The molecule has 1 aliphatic heterocycles. The normalized spacial score (nSPS) is 18.9. The van der Waals surface area contributed by atoms with Gasteiger partial charge in [0.25, 0.3) is 0 Å². The largest absolute Gasteiger partial charge is 1.00 e. The topological polar surface area (TPSA) is 64.2 Å². The summed E-state index contributed by atoms with van der Waals surface area (Å²) in [4.78, 5) is 10.1. The number of hydrogen-bond acceptors (Lipinski definition) is 4. The molecule has 0 spiro atoms. The molecule has 1 heterocycles. The molecule has 0 aromatic heterocycles. The van der Waals surface area contributed by atoms with Gasteiger partial charge in [0.2, 0.25) is 0 Å². The summed E-state index contributed by atoms with van der Waals surface area (Å²) in [6.07, 6.45) is 1.03. The van der Waals surface area contributed by atoms with Crippen molar-refractivity contribution in [2.45, 2.75) is 19.0 Å². The molecule has 0 amide bonds. The second kappa shape index (κ2) is 5.97. The van der Waals surface area contributed by atoms with Crippen LogP contribution in [0.1, 0.15) is 12.8 Å². The van der Waals surface area contributed by atoms with Crippen molar-refractivity contribution in [3.8, 4) is 0 Å². The molecule has 1 fully saturated rings. The average Bonchev–Trinajstić information content (AvgIpc) is 1.88. The number of nitrogens with one attached hydrogen (secondary N) is 2. The molecule has 0 unspecified atom stereocenters. The zero-order valence-electron chi connectivity index (χ0n) is 6.72. The van der Waals surface area contributed by atoms with Crippen molar-refractivity contribution in [3.63, 3.8) is 0 Å². The fourth-order valence-electron chi connectivity index (χ4n) is 1.02. The van der Waals surface area contributed by atoms with Gasteiger partial charge in [-0.3, -0.25) is 0 Å². The predicted octanol–water partition coefficient (Wildman–Crippen LogP) is -4.96. The molecule has 0 aromatic rings. The molecule has 2 N–H and O–H groups in total. The summed E-state index contributed by atoms with van der Waals surface area (Å²) >= 11 is 0. The van der Waals surface area contributed by atoms with Crippen molar-refractivity contribution in [2.24, 2.45) is 0 Å². The van der Waals surface area contributed by atoms with Crippen LogP contribution in [0, 0.1) is 0 Å². The van der Waals surface area contributed by atoms with Crippen molar-refractivity contribution in [2.75, 3.05) is 13.1 Å². The molecule has 1 rings (SSSR count).